The molecule has 0 unspecified atom stereocenters. The van der Waals surface area contributed by atoms with Crippen LogP contribution in [0, 0.1) is 17.3 Å². The summed E-state index contributed by atoms with van der Waals surface area (Å²) < 4.78 is 0. The molecule has 0 heterocycles. The van der Waals surface area contributed by atoms with Crippen LogP contribution in [0.2, 0.25) is 0 Å². The molecule has 0 spiro atoms. The fourth-order valence-corrected chi connectivity index (χ4v) is 2.14. The normalized spacial score (nSPS) is 22.0. The molecule has 0 atom stereocenters. The van der Waals surface area contributed by atoms with E-state index in [4.69, 9.17) is 10.2 Å². The van der Waals surface area contributed by atoms with Crippen LogP contribution in [0.1, 0.15) is 32.1 Å². The average Bonchev–Trinajstić information content (AvgIpc) is 2.93. The summed E-state index contributed by atoms with van der Waals surface area (Å²) in [6.45, 7) is 0. The van der Waals surface area contributed by atoms with E-state index in [9.17, 15) is 9.59 Å². The van der Waals surface area contributed by atoms with Crippen LogP contribution in [-0.4, -0.2) is 22.2 Å². The minimum Gasteiger partial charge on any atom is -0.480 e. The second-order valence-corrected chi connectivity index (χ2v) is 4.50. The maximum absolute atomic E-state index is 11.1. The van der Waals surface area contributed by atoms with Crippen molar-refractivity contribution in [1.82, 2.24) is 0 Å². The second kappa shape index (κ2) is 2.97. The Morgan fingerprint density at radius 2 is 1.57 bits per heavy atom. The van der Waals surface area contributed by atoms with Crippen LogP contribution in [0.15, 0.2) is 0 Å². The minimum atomic E-state index is -1.47. The molecule has 0 aromatic carbocycles. The predicted octanol–water partition coefficient (Wildman–Crippen LogP) is 1.35. The van der Waals surface area contributed by atoms with E-state index >= 15 is 0 Å². The van der Waals surface area contributed by atoms with Gasteiger partial charge in [0, 0.05) is 0 Å². The van der Waals surface area contributed by atoms with Crippen molar-refractivity contribution in [3.63, 3.8) is 0 Å². The molecule has 2 rings (SSSR count). The van der Waals surface area contributed by atoms with Gasteiger partial charge in [-0.05, 0) is 31.1 Å². The fraction of sp³-hybridized carbons (Fsp3) is 0.800. The molecule has 2 N–H and O–H groups in total. The van der Waals surface area contributed by atoms with Crippen LogP contribution in [0.4, 0.5) is 0 Å². The van der Waals surface area contributed by atoms with Crippen molar-refractivity contribution in [2.45, 2.75) is 32.1 Å². The lowest BCUT2D eigenvalue weighted by molar-refractivity contribution is -0.167. The third-order valence-corrected chi connectivity index (χ3v) is 3.35. The maximum atomic E-state index is 11.1. The highest BCUT2D eigenvalue weighted by Gasteiger charge is 2.58. The first-order valence-electron chi connectivity index (χ1n) is 5.04. The molecule has 2 fully saturated rings. The van der Waals surface area contributed by atoms with E-state index in [0.717, 1.165) is 25.7 Å². The van der Waals surface area contributed by atoms with Crippen LogP contribution < -0.4 is 0 Å². The summed E-state index contributed by atoms with van der Waals surface area (Å²) in [6, 6.07) is 0. The largest absolute Gasteiger partial charge is 0.480 e. The van der Waals surface area contributed by atoms with Gasteiger partial charge in [0.1, 0.15) is 0 Å². The Hall–Kier alpha value is -1.06. The van der Waals surface area contributed by atoms with E-state index in [2.05, 4.69) is 0 Å². The highest BCUT2D eigenvalue weighted by Crippen LogP contribution is 2.53. The van der Waals surface area contributed by atoms with Gasteiger partial charge in [-0.1, -0.05) is 12.8 Å². The zero-order valence-electron chi connectivity index (χ0n) is 7.90. The molecule has 0 aromatic rings. The standard InChI is InChI=1S/C10H14O4/c11-8(12)10(9(13)14,7-3-4-7)5-6-1-2-6/h6-7H,1-5H2,(H,11,12)(H,13,14). The molecule has 78 valence electrons. The average molecular weight is 198 g/mol. The van der Waals surface area contributed by atoms with Crippen LogP contribution in [0.5, 0.6) is 0 Å². The van der Waals surface area contributed by atoms with Gasteiger partial charge >= 0.3 is 11.9 Å². The van der Waals surface area contributed by atoms with E-state index in [-0.39, 0.29) is 5.92 Å². The summed E-state index contributed by atoms with van der Waals surface area (Å²) >= 11 is 0. The molecule has 4 heteroatoms. The van der Waals surface area contributed by atoms with E-state index in [1.54, 1.807) is 0 Å². The van der Waals surface area contributed by atoms with Crippen LogP contribution in [0.3, 0.4) is 0 Å². The number of hydrogen-bond acceptors (Lipinski definition) is 2. The van der Waals surface area contributed by atoms with Gasteiger partial charge in [-0.2, -0.15) is 0 Å². The number of aliphatic carboxylic acids is 2. The third-order valence-electron chi connectivity index (χ3n) is 3.35. The smallest absolute Gasteiger partial charge is 0.321 e. The predicted molar refractivity (Wildman–Crippen MR) is 47.8 cm³/mol. The Kier molecular flexibility index (Phi) is 2.01. The third kappa shape index (κ3) is 1.38. The van der Waals surface area contributed by atoms with Crippen molar-refractivity contribution in [3.05, 3.63) is 0 Å². The molecule has 0 radical (unpaired) electrons. The van der Waals surface area contributed by atoms with Gasteiger partial charge in [-0.3, -0.25) is 9.59 Å². The van der Waals surface area contributed by atoms with Gasteiger partial charge in [0.25, 0.3) is 0 Å². The van der Waals surface area contributed by atoms with E-state index in [1.165, 1.54) is 0 Å². The van der Waals surface area contributed by atoms with Crippen LogP contribution >= 0.6 is 0 Å². The molecule has 14 heavy (non-hydrogen) atoms. The lowest BCUT2D eigenvalue weighted by Crippen LogP contribution is -2.41. The zero-order valence-corrected chi connectivity index (χ0v) is 7.90. The summed E-state index contributed by atoms with van der Waals surface area (Å²) in [5.74, 6) is -2.07. The van der Waals surface area contributed by atoms with Gasteiger partial charge in [-0.25, -0.2) is 0 Å². The lowest BCUT2D eigenvalue weighted by atomic mass is 9.78. The minimum absolute atomic E-state index is 0.127. The fourth-order valence-electron chi connectivity index (χ4n) is 2.14. The quantitative estimate of drug-likeness (QED) is 0.654. The Morgan fingerprint density at radius 1 is 1.07 bits per heavy atom. The molecular formula is C10H14O4. The Morgan fingerprint density at radius 3 is 1.86 bits per heavy atom. The number of rotatable bonds is 5. The van der Waals surface area contributed by atoms with Crippen molar-refractivity contribution >= 4 is 11.9 Å². The van der Waals surface area contributed by atoms with E-state index in [0.29, 0.717) is 12.3 Å². The van der Waals surface area contributed by atoms with Crippen LogP contribution in [-0.2, 0) is 9.59 Å². The molecule has 0 aromatic heterocycles. The summed E-state index contributed by atoms with van der Waals surface area (Å²) in [6.07, 6.45) is 3.84. The molecule has 2 saturated carbocycles. The van der Waals surface area contributed by atoms with Crippen molar-refractivity contribution in [2.24, 2.45) is 17.3 Å². The number of carbonyl (C=O) groups is 2. The zero-order chi connectivity index (χ0) is 10.3. The number of hydrogen-bond donors (Lipinski definition) is 2. The van der Waals surface area contributed by atoms with E-state index in [1.807, 2.05) is 0 Å². The monoisotopic (exact) mass is 198 g/mol. The first-order valence-corrected chi connectivity index (χ1v) is 5.04. The molecule has 0 aliphatic heterocycles. The summed E-state index contributed by atoms with van der Waals surface area (Å²) in [4.78, 5) is 22.3. The van der Waals surface area contributed by atoms with Gasteiger partial charge in [0.05, 0.1) is 0 Å². The highest BCUT2D eigenvalue weighted by atomic mass is 16.4. The SMILES string of the molecule is O=C(O)C(CC1CC1)(C(=O)O)C1CC1. The van der Waals surface area contributed by atoms with Crippen molar-refractivity contribution in [1.29, 1.82) is 0 Å². The lowest BCUT2D eigenvalue weighted by Gasteiger charge is -2.24. The topological polar surface area (TPSA) is 74.6 Å². The van der Waals surface area contributed by atoms with Crippen molar-refractivity contribution in [3.8, 4) is 0 Å². The van der Waals surface area contributed by atoms with Gasteiger partial charge < -0.3 is 10.2 Å². The second-order valence-electron chi connectivity index (χ2n) is 4.50. The summed E-state index contributed by atoms with van der Waals surface area (Å²) in [5.41, 5.74) is -1.47. The van der Waals surface area contributed by atoms with Crippen molar-refractivity contribution < 1.29 is 19.8 Å². The molecule has 4 nitrogen and oxygen atoms in total. The summed E-state index contributed by atoms with van der Waals surface area (Å²) in [7, 11) is 0. The first kappa shape index (κ1) is 9.49. The van der Waals surface area contributed by atoms with Gasteiger partial charge in [-0.15, -0.1) is 0 Å². The van der Waals surface area contributed by atoms with Gasteiger partial charge in [0.15, 0.2) is 5.41 Å². The summed E-state index contributed by atoms with van der Waals surface area (Å²) in [5, 5.41) is 18.2. The van der Waals surface area contributed by atoms with Crippen LogP contribution in [0.25, 0.3) is 0 Å². The highest BCUT2D eigenvalue weighted by molar-refractivity contribution is 5.99. The first-order chi connectivity index (χ1) is 6.57. The maximum Gasteiger partial charge on any atom is 0.321 e. The Balaban J connectivity index is 2.21. The Bertz CT molecular complexity index is 262. The molecule has 2 aliphatic carbocycles. The number of carboxylic acids is 2. The molecule has 0 bridgehead atoms. The number of carboxylic acid groups (broad SMARTS) is 2. The molecule has 2 aliphatic rings. The molecular weight excluding hydrogens is 184 g/mol. The molecule has 0 amide bonds. The molecule has 0 saturated heterocycles. The van der Waals surface area contributed by atoms with Crippen molar-refractivity contribution in [2.75, 3.05) is 0 Å². The Labute approximate surface area is 81.9 Å². The van der Waals surface area contributed by atoms with E-state index < -0.39 is 17.4 Å². The van der Waals surface area contributed by atoms with Gasteiger partial charge in [0.2, 0.25) is 0 Å².